The summed E-state index contributed by atoms with van der Waals surface area (Å²) in [5.41, 5.74) is -0.563. The number of hydrogen-bond donors (Lipinski definition) is 1. The number of carbonyl (C=O) groups is 1. The van der Waals surface area contributed by atoms with Gasteiger partial charge in [0.25, 0.3) is 5.56 Å². The highest BCUT2D eigenvalue weighted by atomic mass is 16.5. The van der Waals surface area contributed by atoms with Crippen LogP contribution in [-0.4, -0.2) is 36.8 Å². The fourth-order valence-electron chi connectivity index (χ4n) is 1.20. The lowest BCUT2D eigenvalue weighted by molar-refractivity contribution is 0.0598. The van der Waals surface area contributed by atoms with E-state index in [1.165, 1.54) is 13.3 Å². The van der Waals surface area contributed by atoms with Gasteiger partial charge < -0.3 is 14.5 Å². The third kappa shape index (κ3) is 3.16. The van der Waals surface area contributed by atoms with Crippen molar-refractivity contribution in [3.63, 3.8) is 0 Å². The highest BCUT2D eigenvalue weighted by Crippen LogP contribution is 1.96. The molecule has 0 unspecified atom stereocenters. The quantitative estimate of drug-likeness (QED) is 0.570. The molecule has 1 aromatic rings. The summed E-state index contributed by atoms with van der Waals surface area (Å²) >= 11 is 0. The Kier molecular flexibility index (Phi) is 4.65. The molecule has 6 nitrogen and oxygen atoms in total. The topological polar surface area (TPSA) is 81.3 Å². The maximum atomic E-state index is 11.4. The van der Waals surface area contributed by atoms with Crippen molar-refractivity contribution in [2.75, 3.05) is 20.8 Å². The summed E-state index contributed by atoms with van der Waals surface area (Å²) in [6.45, 7) is 0.600. The van der Waals surface area contributed by atoms with Gasteiger partial charge in [-0.1, -0.05) is 0 Å². The number of rotatable bonds is 5. The number of methoxy groups -OCH3 is 2. The average molecular weight is 226 g/mol. The fourth-order valence-corrected chi connectivity index (χ4v) is 1.20. The van der Waals surface area contributed by atoms with E-state index < -0.39 is 11.5 Å². The number of esters is 1. The molecule has 0 saturated heterocycles. The van der Waals surface area contributed by atoms with Gasteiger partial charge in [0.05, 0.1) is 7.11 Å². The van der Waals surface area contributed by atoms with E-state index in [0.717, 1.165) is 6.42 Å². The van der Waals surface area contributed by atoms with Crippen LogP contribution in [-0.2, 0) is 15.9 Å². The van der Waals surface area contributed by atoms with Gasteiger partial charge in [-0.3, -0.25) is 4.79 Å². The lowest BCUT2D eigenvalue weighted by atomic mass is 10.3. The molecule has 0 radical (unpaired) electrons. The van der Waals surface area contributed by atoms with Gasteiger partial charge in [0.2, 0.25) is 0 Å². The van der Waals surface area contributed by atoms with Crippen LogP contribution in [0.5, 0.6) is 0 Å². The Labute approximate surface area is 92.6 Å². The van der Waals surface area contributed by atoms with Gasteiger partial charge in [0.15, 0.2) is 0 Å². The Morgan fingerprint density at radius 3 is 2.81 bits per heavy atom. The van der Waals surface area contributed by atoms with Crippen molar-refractivity contribution >= 4 is 5.97 Å². The molecule has 0 fully saturated rings. The second kappa shape index (κ2) is 6.02. The van der Waals surface area contributed by atoms with E-state index >= 15 is 0 Å². The van der Waals surface area contributed by atoms with Crippen molar-refractivity contribution in [2.45, 2.75) is 12.8 Å². The number of nitrogens with one attached hydrogen (secondary N) is 1. The highest BCUT2D eigenvalue weighted by Gasteiger charge is 2.11. The van der Waals surface area contributed by atoms with Crippen LogP contribution in [0.3, 0.4) is 0 Å². The number of nitrogens with zero attached hydrogens (tertiary/aromatic N) is 1. The molecule has 0 aliphatic carbocycles. The fraction of sp³-hybridized carbons (Fsp3) is 0.500. The van der Waals surface area contributed by atoms with E-state index in [1.807, 2.05) is 0 Å². The maximum absolute atomic E-state index is 11.4. The van der Waals surface area contributed by atoms with Gasteiger partial charge in [-0.05, 0) is 6.42 Å². The number of aryl methyl sites for hydroxylation is 1. The van der Waals surface area contributed by atoms with E-state index in [1.54, 1.807) is 7.11 Å². The molecular formula is C10H14N2O4. The first-order valence-electron chi connectivity index (χ1n) is 4.84. The first kappa shape index (κ1) is 12.4. The van der Waals surface area contributed by atoms with E-state index in [2.05, 4.69) is 14.7 Å². The molecule has 0 atom stereocenters. The van der Waals surface area contributed by atoms with Crippen molar-refractivity contribution in [2.24, 2.45) is 0 Å². The van der Waals surface area contributed by atoms with E-state index in [0.29, 0.717) is 18.9 Å². The van der Waals surface area contributed by atoms with Crippen molar-refractivity contribution < 1.29 is 14.3 Å². The monoisotopic (exact) mass is 226 g/mol. The summed E-state index contributed by atoms with van der Waals surface area (Å²) in [6.07, 6.45) is 2.59. The van der Waals surface area contributed by atoms with Crippen LogP contribution in [0.15, 0.2) is 11.0 Å². The largest absolute Gasteiger partial charge is 0.465 e. The van der Waals surface area contributed by atoms with Crippen molar-refractivity contribution in [1.29, 1.82) is 0 Å². The predicted molar refractivity (Wildman–Crippen MR) is 56.4 cm³/mol. The lowest BCUT2D eigenvalue weighted by Gasteiger charge is -2.01. The molecular weight excluding hydrogens is 212 g/mol. The molecule has 0 spiro atoms. The van der Waals surface area contributed by atoms with Crippen LogP contribution in [0.4, 0.5) is 0 Å². The number of H-pyrrole nitrogens is 1. The molecule has 0 aliphatic rings. The van der Waals surface area contributed by atoms with Crippen molar-refractivity contribution in [3.05, 3.63) is 27.9 Å². The standard InChI is InChI=1S/C10H14N2O4/c1-15-5-3-4-8-11-6-7(9(13)12-8)10(14)16-2/h6H,3-5H2,1-2H3,(H,11,12,13). The highest BCUT2D eigenvalue weighted by molar-refractivity contribution is 5.88. The van der Waals surface area contributed by atoms with Gasteiger partial charge in [0.1, 0.15) is 11.4 Å². The maximum Gasteiger partial charge on any atom is 0.345 e. The Morgan fingerprint density at radius 1 is 1.50 bits per heavy atom. The summed E-state index contributed by atoms with van der Waals surface area (Å²) < 4.78 is 9.32. The Balaban J connectivity index is 2.75. The summed E-state index contributed by atoms with van der Waals surface area (Å²) in [7, 11) is 2.82. The van der Waals surface area contributed by atoms with Crippen LogP contribution in [0.2, 0.25) is 0 Å². The van der Waals surface area contributed by atoms with Crippen LogP contribution >= 0.6 is 0 Å². The average Bonchev–Trinajstić information content (AvgIpc) is 2.29. The zero-order valence-corrected chi connectivity index (χ0v) is 9.28. The lowest BCUT2D eigenvalue weighted by Crippen LogP contribution is -2.21. The molecule has 0 saturated carbocycles. The van der Waals surface area contributed by atoms with E-state index in [9.17, 15) is 9.59 Å². The summed E-state index contributed by atoms with van der Waals surface area (Å²) in [6, 6.07) is 0. The van der Waals surface area contributed by atoms with Gasteiger partial charge in [-0.25, -0.2) is 9.78 Å². The van der Waals surface area contributed by atoms with E-state index in [-0.39, 0.29) is 5.56 Å². The molecule has 6 heteroatoms. The third-order valence-electron chi connectivity index (χ3n) is 2.02. The normalized spacial score (nSPS) is 10.1. The molecule has 16 heavy (non-hydrogen) atoms. The summed E-state index contributed by atoms with van der Waals surface area (Å²) in [5.74, 6) is -0.146. The molecule has 1 heterocycles. The SMILES string of the molecule is COCCCc1ncc(C(=O)OC)c(=O)[nH]1. The van der Waals surface area contributed by atoms with Gasteiger partial charge >= 0.3 is 5.97 Å². The zero-order chi connectivity index (χ0) is 12.0. The Bertz CT molecular complexity index is 414. The van der Waals surface area contributed by atoms with E-state index in [4.69, 9.17) is 4.74 Å². The number of carbonyl (C=O) groups excluding carboxylic acids is 1. The molecule has 1 rings (SSSR count). The van der Waals surface area contributed by atoms with Gasteiger partial charge in [-0.2, -0.15) is 0 Å². The molecule has 0 aliphatic heterocycles. The van der Waals surface area contributed by atoms with Gasteiger partial charge in [0, 0.05) is 26.3 Å². The zero-order valence-electron chi connectivity index (χ0n) is 9.28. The molecule has 1 aromatic heterocycles. The second-order valence-electron chi connectivity index (χ2n) is 3.16. The summed E-state index contributed by atoms with van der Waals surface area (Å²) in [4.78, 5) is 29.0. The molecule has 0 amide bonds. The van der Waals surface area contributed by atoms with Crippen molar-refractivity contribution in [1.82, 2.24) is 9.97 Å². The second-order valence-corrected chi connectivity index (χ2v) is 3.16. The number of hydrogen-bond acceptors (Lipinski definition) is 5. The molecule has 0 bridgehead atoms. The number of aromatic nitrogens is 2. The smallest absolute Gasteiger partial charge is 0.345 e. The van der Waals surface area contributed by atoms with Crippen LogP contribution in [0.1, 0.15) is 22.6 Å². The third-order valence-corrected chi connectivity index (χ3v) is 2.02. The van der Waals surface area contributed by atoms with Crippen LogP contribution in [0, 0.1) is 0 Å². The molecule has 0 aromatic carbocycles. The molecule has 88 valence electrons. The van der Waals surface area contributed by atoms with Gasteiger partial charge in [-0.15, -0.1) is 0 Å². The Morgan fingerprint density at radius 2 is 2.25 bits per heavy atom. The summed E-state index contributed by atoms with van der Waals surface area (Å²) in [5, 5.41) is 0. The Hall–Kier alpha value is -1.69. The minimum atomic E-state index is -0.683. The van der Waals surface area contributed by atoms with Crippen LogP contribution < -0.4 is 5.56 Å². The minimum Gasteiger partial charge on any atom is -0.465 e. The number of ether oxygens (including phenoxy) is 2. The van der Waals surface area contributed by atoms with Crippen LogP contribution in [0.25, 0.3) is 0 Å². The molecule has 1 N–H and O–H groups in total. The first-order valence-corrected chi connectivity index (χ1v) is 4.84. The first-order chi connectivity index (χ1) is 7.69. The number of aromatic amines is 1. The minimum absolute atomic E-state index is 0.0852. The van der Waals surface area contributed by atoms with Crippen molar-refractivity contribution in [3.8, 4) is 0 Å². The predicted octanol–water partition coefficient (Wildman–Crippen LogP) is 0.136.